The number of non-ortho nitro benzene ring substituents is 2. The van der Waals surface area contributed by atoms with E-state index >= 15 is 0 Å². The molecule has 2 rings (SSSR count). The maximum atomic E-state index is 12.0. The molecule has 0 bridgehead atoms. The second kappa shape index (κ2) is 5.52. The van der Waals surface area contributed by atoms with Crippen LogP contribution in [0.1, 0.15) is 10.4 Å². The Labute approximate surface area is 123 Å². The first-order valence-electron chi connectivity index (χ1n) is 5.83. The number of carbonyl (C=O) groups excluding carboxylic acids is 1. The molecule has 0 spiro atoms. The van der Waals surface area contributed by atoms with E-state index in [1.54, 1.807) is 0 Å². The van der Waals surface area contributed by atoms with E-state index in [0.29, 0.717) is 0 Å². The summed E-state index contributed by atoms with van der Waals surface area (Å²) in [6.07, 6.45) is 1.26. The fourth-order valence-electron chi connectivity index (χ4n) is 1.85. The van der Waals surface area contributed by atoms with Crippen molar-refractivity contribution in [3.05, 3.63) is 55.5 Å². The molecule has 0 aliphatic carbocycles. The maximum absolute atomic E-state index is 12.0. The van der Waals surface area contributed by atoms with Crippen LogP contribution in [-0.4, -0.2) is 36.0 Å². The standard InChI is InChI=1S/C11H9N3O7S/c15-11(12-8-1-2-22(20,21)6-8)7-3-9(13(16)17)5-10(4-7)14(18)19/h1-5,8H,6H2,(H,12,15). The van der Waals surface area contributed by atoms with E-state index in [1.165, 1.54) is 6.08 Å². The predicted molar refractivity (Wildman–Crippen MR) is 73.9 cm³/mol. The number of benzene rings is 1. The molecule has 1 unspecified atom stereocenters. The Kier molecular flexibility index (Phi) is 3.91. The van der Waals surface area contributed by atoms with Crippen molar-refractivity contribution in [3.63, 3.8) is 0 Å². The number of nitro groups is 2. The molecule has 0 saturated heterocycles. The second-order valence-electron chi connectivity index (χ2n) is 4.49. The third-order valence-electron chi connectivity index (χ3n) is 2.83. The highest BCUT2D eigenvalue weighted by Crippen LogP contribution is 2.23. The molecule has 116 valence electrons. The predicted octanol–water partition coefficient (Wildman–Crippen LogP) is 0.544. The van der Waals surface area contributed by atoms with Gasteiger partial charge in [0.2, 0.25) is 0 Å². The summed E-state index contributed by atoms with van der Waals surface area (Å²) in [7, 11) is -3.38. The van der Waals surface area contributed by atoms with Crippen molar-refractivity contribution >= 4 is 27.1 Å². The maximum Gasteiger partial charge on any atom is 0.277 e. The molecule has 1 aromatic carbocycles. The van der Waals surface area contributed by atoms with Crippen LogP contribution in [-0.2, 0) is 9.84 Å². The molecule has 0 saturated carbocycles. The Balaban J connectivity index is 2.28. The topological polar surface area (TPSA) is 150 Å². The number of nitrogens with one attached hydrogen (secondary N) is 1. The van der Waals surface area contributed by atoms with Crippen molar-refractivity contribution in [2.75, 3.05) is 5.75 Å². The fraction of sp³-hybridized carbons (Fsp3) is 0.182. The monoisotopic (exact) mass is 327 g/mol. The number of amides is 1. The Bertz CT molecular complexity index is 768. The third-order valence-corrected chi connectivity index (χ3v) is 4.23. The molecular formula is C11H9N3O7S. The number of nitro benzene ring substituents is 2. The molecule has 1 aromatic rings. The minimum absolute atomic E-state index is 0.293. The number of rotatable bonds is 4. The highest BCUT2D eigenvalue weighted by Gasteiger charge is 2.25. The van der Waals surface area contributed by atoms with Gasteiger partial charge in [-0.2, -0.15) is 0 Å². The van der Waals surface area contributed by atoms with Crippen LogP contribution < -0.4 is 5.32 Å². The molecule has 1 atom stereocenters. The van der Waals surface area contributed by atoms with Gasteiger partial charge in [-0.25, -0.2) is 8.42 Å². The minimum Gasteiger partial charge on any atom is -0.345 e. The van der Waals surface area contributed by atoms with E-state index in [4.69, 9.17) is 0 Å². The van der Waals surface area contributed by atoms with Gasteiger partial charge in [-0.1, -0.05) is 0 Å². The summed E-state index contributed by atoms with van der Waals surface area (Å²) in [5, 5.41) is 24.8. The smallest absolute Gasteiger partial charge is 0.277 e. The molecule has 0 radical (unpaired) electrons. The molecule has 11 heteroatoms. The lowest BCUT2D eigenvalue weighted by molar-refractivity contribution is -0.394. The van der Waals surface area contributed by atoms with Crippen molar-refractivity contribution in [2.45, 2.75) is 6.04 Å². The summed E-state index contributed by atoms with van der Waals surface area (Å²) in [4.78, 5) is 31.7. The molecular weight excluding hydrogens is 318 g/mol. The lowest BCUT2D eigenvalue weighted by atomic mass is 10.1. The lowest BCUT2D eigenvalue weighted by Crippen LogP contribution is -2.35. The summed E-state index contributed by atoms with van der Waals surface area (Å²) in [6.45, 7) is 0. The summed E-state index contributed by atoms with van der Waals surface area (Å²) in [6, 6.07) is 1.72. The number of hydrogen-bond donors (Lipinski definition) is 1. The van der Waals surface area contributed by atoms with Crippen LogP contribution in [0, 0.1) is 20.2 Å². The molecule has 0 fully saturated rings. The lowest BCUT2D eigenvalue weighted by Gasteiger charge is -2.09. The SMILES string of the molecule is O=C(NC1C=CS(=O)(=O)C1)c1cc([N+](=O)[O-])cc([N+](=O)[O-])c1. The van der Waals surface area contributed by atoms with E-state index in [2.05, 4.69) is 5.32 Å². The van der Waals surface area contributed by atoms with Crippen LogP contribution in [0.25, 0.3) is 0 Å². The van der Waals surface area contributed by atoms with Gasteiger partial charge in [0.1, 0.15) is 0 Å². The minimum atomic E-state index is -3.38. The zero-order chi connectivity index (χ0) is 16.5. The van der Waals surface area contributed by atoms with Crippen LogP contribution >= 0.6 is 0 Å². The number of nitrogens with zero attached hydrogens (tertiary/aromatic N) is 2. The van der Waals surface area contributed by atoms with Crippen molar-refractivity contribution in [3.8, 4) is 0 Å². The van der Waals surface area contributed by atoms with E-state index < -0.39 is 43.0 Å². The van der Waals surface area contributed by atoms with Crippen LogP contribution in [0.5, 0.6) is 0 Å². The molecule has 1 aliphatic rings. The normalized spacial score (nSPS) is 18.8. The average Bonchev–Trinajstić information content (AvgIpc) is 2.77. The molecule has 1 heterocycles. The molecule has 1 N–H and O–H groups in total. The van der Waals surface area contributed by atoms with Gasteiger partial charge >= 0.3 is 0 Å². The van der Waals surface area contributed by atoms with Crippen molar-refractivity contribution in [1.29, 1.82) is 0 Å². The first kappa shape index (κ1) is 15.6. The second-order valence-corrected chi connectivity index (χ2v) is 6.42. The van der Waals surface area contributed by atoms with Gasteiger partial charge in [0.15, 0.2) is 9.84 Å². The summed E-state index contributed by atoms with van der Waals surface area (Å²) in [5.41, 5.74) is -1.50. The molecule has 0 aromatic heterocycles. The Hall–Kier alpha value is -2.82. The highest BCUT2D eigenvalue weighted by atomic mass is 32.2. The first-order valence-corrected chi connectivity index (χ1v) is 7.55. The number of sulfone groups is 1. The molecule has 1 aliphatic heterocycles. The van der Waals surface area contributed by atoms with Gasteiger partial charge in [-0.05, 0) is 6.08 Å². The Morgan fingerprint density at radius 2 is 1.68 bits per heavy atom. The van der Waals surface area contributed by atoms with E-state index in [9.17, 15) is 33.4 Å². The van der Waals surface area contributed by atoms with Crippen LogP contribution in [0.4, 0.5) is 11.4 Å². The number of hydrogen-bond acceptors (Lipinski definition) is 7. The molecule has 10 nitrogen and oxygen atoms in total. The van der Waals surface area contributed by atoms with E-state index in [-0.39, 0.29) is 11.3 Å². The van der Waals surface area contributed by atoms with Gasteiger partial charge in [-0.3, -0.25) is 25.0 Å². The van der Waals surface area contributed by atoms with Crippen molar-refractivity contribution < 1.29 is 23.1 Å². The van der Waals surface area contributed by atoms with E-state index in [1.807, 2.05) is 0 Å². The zero-order valence-corrected chi connectivity index (χ0v) is 11.6. The Morgan fingerprint density at radius 1 is 1.14 bits per heavy atom. The quantitative estimate of drug-likeness (QED) is 0.626. The van der Waals surface area contributed by atoms with E-state index in [0.717, 1.165) is 23.6 Å². The fourth-order valence-corrected chi connectivity index (χ4v) is 3.09. The molecule has 1 amide bonds. The van der Waals surface area contributed by atoms with Crippen molar-refractivity contribution in [1.82, 2.24) is 5.32 Å². The molecule has 22 heavy (non-hydrogen) atoms. The van der Waals surface area contributed by atoms with Crippen LogP contribution in [0.15, 0.2) is 29.7 Å². The van der Waals surface area contributed by atoms with Gasteiger partial charge in [0.05, 0.1) is 33.3 Å². The Morgan fingerprint density at radius 3 is 2.09 bits per heavy atom. The first-order chi connectivity index (χ1) is 10.2. The van der Waals surface area contributed by atoms with Gasteiger partial charge in [0.25, 0.3) is 17.3 Å². The van der Waals surface area contributed by atoms with Gasteiger partial charge in [0, 0.05) is 17.5 Å². The number of carbonyl (C=O) groups is 1. The summed E-state index contributed by atoms with van der Waals surface area (Å²) in [5.74, 6) is -1.16. The summed E-state index contributed by atoms with van der Waals surface area (Å²) < 4.78 is 22.5. The summed E-state index contributed by atoms with van der Waals surface area (Å²) >= 11 is 0. The third kappa shape index (κ3) is 3.44. The highest BCUT2D eigenvalue weighted by molar-refractivity contribution is 7.94. The van der Waals surface area contributed by atoms with Crippen molar-refractivity contribution in [2.24, 2.45) is 0 Å². The van der Waals surface area contributed by atoms with Crippen LogP contribution in [0.2, 0.25) is 0 Å². The van der Waals surface area contributed by atoms with Crippen LogP contribution in [0.3, 0.4) is 0 Å². The van der Waals surface area contributed by atoms with Gasteiger partial charge in [-0.15, -0.1) is 0 Å². The average molecular weight is 327 g/mol. The largest absolute Gasteiger partial charge is 0.345 e. The van der Waals surface area contributed by atoms with Gasteiger partial charge < -0.3 is 5.32 Å². The zero-order valence-electron chi connectivity index (χ0n) is 10.8.